The summed E-state index contributed by atoms with van der Waals surface area (Å²) in [7, 11) is 0. The first-order chi connectivity index (χ1) is 8.22. The molecule has 0 aliphatic rings. The van der Waals surface area contributed by atoms with E-state index >= 15 is 0 Å². The molecule has 0 saturated heterocycles. The van der Waals surface area contributed by atoms with Gasteiger partial charge in [0.2, 0.25) is 0 Å². The van der Waals surface area contributed by atoms with Gasteiger partial charge in [-0.05, 0) is 6.42 Å². The van der Waals surface area contributed by atoms with Crippen molar-refractivity contribution in [3.05, 3.63) is 46.2 Å². The lowest BCUT2D eigenvalue weighted by molar-refractivity contribution is 0.892. The number of nitrogens with one attached hydrogen (secondary N) is 1. The largest absolute Gasteiger partial charge is 0.383 e. The lowest BCUT2D eigenvalue weighted by atomic mass is 10.1. The van der Waals surface area contributed by atoms with Gasteiger partial charge in [-0.3, -0.25) is 4.79 Å². The number of anilines is 1. The standard InChI is InChI=1S/C13H15N3O/c1-2-6-10-11(14)15-12(16-13(10)17)9-7-4-3-5-8-9/h3-5,7-8H,2,6H2,1H3,(H3,14,15,16,17). The Kier molecular flexibility index (Phi) is 3.23. The van der Waals surface area contributed by atoms with Crippen molar-refractivity contribution in [2.45, 2.75) is 19.8 Å². The highest BCUT2D eigenvalue weighted by Crippen LogP contribution is 2.15. The van der Waals surface area contributed by atoms with Crippen LogP contribution in [-0.2, 0) is 6.42 Å². The molecule has 1 aromatic carbocycles. The van der Waals surface area contributed by atoms with Crippen molar-refractivity contribution in [2.24, 2.45) is 0 Å². The molecule has 2 rings (SSSR count). The predicted molar refractivity (Wildman–Crippen MR) is 68.7 cm³/mol. The van der Waals surface area contributed by atoms with E-state index in [2.05, 4.69) is 9.97 Å². The second-order valence-electron chi connectivity index (χ2n) is 3.89. The summed E-state index contributed by atoms with van der Waals surface area (Å²) in [4.78, 5) is 18.9. The second-order valence-corrected chi connectivity index (χ2v) is 3.89. The third-order valence-electron chi connectivity index (χ3n) is 2.59. The molecule has 2 aromatic rings. The number of H-pyrrole nitrogens is 1. The Morgan fingerprint density at radius 1 is 1.29 bits per heavy atom. The zero-order chi connectivity index (χ0) is 12.3. The van der Waals surface area contributed by atoms with Crippen molar-refractivity contribution in [1.82, 2.24) is 9.97 Å². The highest BCUT2D eigenvalue weighted by atomic mass is 16.1. The van der Waals surface area contributed by atoms with E-state index in [4.69, 9.17) is 5.73 Å². The van der Waals surface area contributed by atoms with Gasteiger partial charge in [0.15, 0.2) is 0 Å². The maximum atomic E-state index is 11.8. The SMILES string of the molecule is CCCc1c(N)nc(-c2ccccc2)[nH]c1=O. The van der Waals surface area contributed by atoms with E-state index in [0.717, 1.165) is 12.0 Å². The van der Waals surface area contributed by atoms with Gasteiger partial charge in [0.1, 0.15) is 11.6 Å². The molecule has 0 saturated carbocycles. The molecule has 0 fully saturated rings. The number of hydrogen-bond donors (Lipinski definition) is 2. The van der Waals surface area contributed by atoms with Crippen molar-refractivity contribution in [3.63, 3.8) is 0 Å². The van der Waals surface area contributed by atoms with E-state index in [9.17, 15) is 4.79 Å². The Hall–Kier alpha value is -2.10. The van der Waals surface area contributed by atoms with Gasteiger partial charge in [0.25, 0.3) is 5.56 Å². The first-order valence-corrected chi connectivity index (χ1v) is 5.66. The van der Waals surface area contributed by atoms with Gasteiger partial charge < -0.3 is 10.7 Å². The Bertz CT molecular complexity index is 561. The fraction of sp³-hybridized carbons (Fsp3) is 0.231. The fourth-order valence-electron chi connectivity index (χ4n) is 1.74. The summed E-state index contributed by atoms with van der Waals surface area (Å²) in [6, 6.07) is 9.47. The summed E-state index contributed by atoms with van der Waals surface area (Å²) in [6.07, 6.45) is 1.53. The Labute approximate surface area is 99.5 Å². The number of aromatic nitrogens is 2. The quantitative estimate of drug-likeness (QED) is 0.845. The van der Waals surface area contributed by atoms with Crippen molar-refractivity contribution >= 4 is 5.82 Å². The molecular formula is C13H15N3O. The first-order valence-electron chi connectivity index (χ1n) is 5.66. The van der Waals surface area contributed by atoms with Crippen LogP contribution in [-0.4, -0.2) is 9.97 Å². The molecule has 1 aromatic heterocycles. The van der Waals surface area contributed by atoms with Gasteiger partial charge >= 0.3 is 0 Å². The van der Waals surface area contributed by atoms with E-state index in [1.165, 1.54) is 0 Å². The number of nitrogen functional groups attached to an aromatic ring is 1. The highest BCUT2D eigenvalue weighted by molar-refractivity contribution is 5.57. The molecule has 0 aliphatic heterocycles. The molecule has 1 heterocycles. The first kappa shape index (κ1) is 11.4. The molecule has 0 aliphatic carbocycles. The highest BCUT2D eigenvalue weighted by Gasteiger charge is 2.08. The van der Waals surface area contributed by atoms with Gasteiger partial charge in [0, 0.05) is 5.56 Å². The van der Waals surface area contributed by atoms with Crippen LogP contribution in [0.15, 0.2) is 35.1 Å². The Morgan fingerprint density at radius 2 is 2.00 bits per heavy atom. The predicted octanol–water partition coefficient (Wildman–Crippen LogP) is 1.97. The van der Waals surface area contributed by atoms with Gasteiger partial charge in [-0.25, -0.2) is 4.98 Å². The van der Waals surface area contributed by atoms with Crippen molar-refractivity contribution in [3.8, 4) is 11.4 Å². The fourth-order valence-corrected chi connectivity index (χ4v) is 1.74. The summed E-state index contributed by atoms with van der Waals surface area (Å²) in [5, 5.41) is 0. The number of benzene rings is 1. The average molecular weight is 229 g/mol. The normalized spacial score (nSPS) is 10.4. The molecular weight excluding hydrogens is 214 g/mol. The molecule has 0 amide bonds. The molecule has 0 atom stereocenters. The third-order valence-corrected chi connectivity index (χ3v) is 2.59. The van der Waals surface area contributed by atoms with Gasteiger partial charge in [-0.15, -0.1) is 0 Å². The summed E-state index contributed by atoms with van der Waals surface area (Å²) in [5.74, 6) is 0.849. The summed E-state index contributed by atoms with van der Waals surface area (Å²) in [5.41, 5.74) is 7.11. The lowest BCUT2D eigenvalue weighted by Crippen LogP contribution is -2.18. The molecule has 0 unspecified atom stereocenters. The van der Waals surface area contributed by atoms with Crippen LogP contribution in [0.25, 0.3) is 11.4 Å². The minimum atomic E-state index is -0.141. The van der Waals surface area contributed by atoms with Crippen LogP contribution >= 0.6 is 0 Å². The van der Waals surface area contributed by atoms with Gasteiger partial charge in [0.05, 0.1) is 5.56 Å². The topological polar surface area (TPSA) is 71.8 Å². The summed E-state index contributed by atoms with van der Waals surface area (Å²) >= 11 is 0. The van der Waals surface area contributed by atoms with E-state index in [-0.39, 0.29) is 5.56 Å². The summed E-state index contributed by atoms with van der Waals surface area (Å²) in [6.45, 7) is 2.00. The maximum Gasteiger partial charge on any atom is 0.256 e. The smallest absolute Gasteiger partial charge is 0.256 e. The van der Waals surface area contributed by atoms with E-state index < -0.39 is 0 Å². The van der Waals surface area contributed by atoms with Crippen molar-refractivity contribution < 1.29 is 0 Å². The number of hydrogen-bond acceptors (Lipinski definition) is 3. The minimum absolute atomic E-state index is 0.141. The molecule has 88 valence electrons. The van der Waals surface area contributed by atoms with Crippen LogP contribution in [0.3, 0.4) is 0 Å². The van der Waals surface area contributed by atoms with E-state index in [1.54, 1.807) is 0 Å². The number of nitrogens with two attached hydrogens (primary N) is 1. The maximum absolute atomic E-state index is 11.8. The van der Waals surface area contributed by atoms with Crippen LogP contribution in [0.4, 0.5) is 5.82 Å². The monoisotopic (exact) mass is 229 g/mol. The van der Waals surface area contributed by atoms with Crippen molar-refractivity contribution in [2.75, 3.05) is 5.73 Å². The van der Waals surface area contributed by atoms with Crippen LogP contribution in [0, 0.1) is 0 Å². The zero-order valence-electron chi connectivity index (χ0n) is 9.73. The average Bonchev–Trinajstić information content (AvgIpc) is 2.35. The Balaban J connectivity index is 2.50. The van der Waals surface area contributed by atoms with Gasteiger partial charge in [-0.2, -0.15) is 0 Å². The number of rotatable bonds is 3. The van der Waals surface area contributed by atoms with E-state index in [1.807, 2.05) is 37.3 Å². The molecule has 4 nitrogen and oxygen atoms in total. The van der Waals surface area contributed by atoms with E-state index in [0.29, 0.717) is 23.6 Å². The van der Waals surface area contributed by atoms with Crippen LogP contribution in [0.2, 0.25) is 0 Å². The summed E-state index contributed by atoms with van der Waals surface area (Å²) < 4.78 is 0. The molecule has 3 N–H and O–H groups in total. The third kappa shape index (κ3) is 2.36. The van der Waals surface area contributed by atoms with Crippen molar-refractivity contribution in [1.29, 1.82) is 0 Å². The Morgan fingerprint density at radius 3 is 2.59 bits per heavy atom. The number of aromatic amines is 1. The van der Waals surface area contributed by atoms with Gasteiger partial charge in [-0.1, -0.05) is 43.7 Å². The zero-order valence-corrected chi connectivity index (χ0v) is 9.73. The minimum Gasteiger partial charge on any atom is -0.383 e. The van der Waals surface area contributed by atoms with Crippen LogP contribution in [0.5, 0.6) is 0 Å². The molecule has 4 heteroatoms. The number of nitrogens with zero attached hydrogens (tertiary/aromatic N) is 1. The van der Waals surface area contributed by atoms with Crippen LogP contribution in [0.1, 0.15) is 18.9 Å². The second kappa shape index (κ2) is 4.82. The molecule has 0 radical (unpaired) electrons. The molecule has 0 spiro atoms. The molecule has 17 heavy (non-hydrogen) atoms. The lowest BCUT2D eigenvalue weighted by Gasteiger charge is -2.05. The van der Waals surface area contributed by atoms with Crippen LogP contribution < -0.4 is 11.3 Å². The molecule has 0 bridgehead atoms.